The number of phosphoric acid groups is 1. The molecule has 10 nitrogen and oxygen atoms in total. The number of allylic oxidation sites excluding steroid dienone is 14. The monoisotopic (exact) mass is 736 g/mol. The zero-order valence-corrected chi connectivity index (χ0v) is 31.9. The normalized spacial score (nSPS) is 15.0. The molecule has 0 rings (SSSR count). The van der Waals surface area contributed by atoms with Crippen molar-refractivity contribution < 1.29 is 47.8 Å². The Balaban J connectivity index is 4.12. The van der Waals surface area contributed by atoms with Gasteiger partial charge in [0.15, 0.2) is 0 Å². The lowest BCUT2D eigenvalue weighted by molar-refractivity contribution is -0.153. The van der Waals surface area contributed by atoms with Gasteiger partial charge in [-0.05, 0) is 70.6 Å². The van der Waals surface area contributed by atoms with Crippen LogP contribution in [0, 0.1) is 0 Å². The van der Waals surface area contributed by atoms with Crippen LogP contribution in [0.4, 0.5) is 0 Å². The van der Waals surface area contributed by atoms with Crippen molar-refractivity contribution >= 4 is 19.8 Å². The smallest absolute Gasteiger partial charge is 0.457 e. The molecule has 0 amide bonds. The van der Waals surface area contributed by atoms with Gasteiger partial charge in [-0.2, -0.15) is 0 Å². The maximum Gasteiger partial charge on any atom is 0.472 e. The van der Waals surface area contributed by atoms with E-state index in [1.165, 1.54) is 0 Å². The third-order valence-corrected chi connectivity index (χ3v) is 8.07. The van der Waals surface area contributed by atoms with Crippen LogP contribution in [-0.4, -0.2) is 65.7 Å². The van der Waals surface area contributed by atoms with E-state index in [1.54, 1.807) is 0 Å². The highest BCUT2D eigenvalue weighted by atomic mass is 31.2. The lowest BCUT2D eigenvalue weighted by atomic mass is 10.1. The number of unbranched alkanes of at least 4 members (excludes halogenated alkanes) is 5. The number of phosphoric ester groups is 1. The van der Waals surface area contributed by atoms with Crippen LogP contribution in [-0.2, 0) is 32.7 Å². The maximum atomic E-state index is 12.3. The summed E-state index contributed by atoms with van der Waals surface area (Å²) in [5.74, 6) is -1.13. The Hall–Kier alpha value is -2.85. The van der Waals surface area contributed by atoms with Crippen LogP contribution >= 0.6 is 7.82 Å². The van der Waals surface area contributed by atoms with E-state index in [0.717, 1.165) is 77.0 Å². The Morgan fingerprint density at radius 1 is 0.529 bits per heavy atom. The van der Waals surface area contributed by atoms with Gasteiger partial charge in [-0.3, -0.25) is 18.6 Å². The average molecular weight is 737 g/mol. The van der Waals surface area contributed by atoms with E-state index in [2.05, 4.69) is 80.7 Å². The summed E-state index contributed by atoms with van der Waals surface area (Å²) in [7, 11) is -4.66. The third kappa shape index (κ3) is 34.0. The maximum absolute atomic E-state index is 12.3. The highest BCUT2D eigenvalue weighted by molar-refractivity contribution is 7.47. The van der Waals surface area contributed by atoms with Crippen molar-refractivity contribution in [2.45, 2.75) is 129 Å². The number of aliphatic hydroxyl groups is 2. The Morgan fingerprint density at radius 2 is 0.902 bits per heavy atom. The second-order valence-corrected chi connectivity index (χ2v) is 13.2. The van der Waals surface area contributed by atoms with Gasteiger partial charge in [0, 0.05) is 12.8 Å². The molecule has 0 aromatic heterocycles. The summed E-state index contributed by atoms with van der Waals surface area (Å²) in [6, 6.07) is 0. The van der Waals surface area contributed by atoms with Crippen LogP contribution in [0.25, 0.3) is 0 Å². The van der Waals surface area contributed by atoms with Crippen molar-refractivity contribution in [1.82, 2.24) is 0 Å². The van der Waals surface area contributed by atoms with Crippen LogP contribution in [0.5, 0.6) is 0 Å². The van der Waals surface area contributed by atoms with Gasteiger partial charge in [0.1, 0.15) is 12.2 Å². The van der Waals surface area contributed by atoms with Gasteiger partial charge in [-0.25, -0.2) is 4.57 Å². The second kappa shape index (κ2) is 35.5. The van der Waals surface area contributed by atoms with E-state index in [9.17, 15) is 29.3 Å². The largest absolute Gasteiger partial charge is 0.472 e. The molecule has 3 unspecified atom stereocenters. The number of hydrogen-bond acceptors (Lipinski definition) is 9. The van der Waals surface area contributed by atoms with Crippen molar-refractivity contribution in [3.05, 3.63) is 85.1 Å². The van der Waals surface area contributed by atoms with Gasteiger partial charge in [0.05, 0.1) is 26.4 Å². The second-order valence-electron chi connectivity index (χ2n) is 11.8. The molecular formula is C40H65O10P. The fourth-order valence-electron chi connectivity index (χ4n) is 4.32. The van der Waals surface area contributed by atoms with Gasteiger partial charge >= 0.3 is 19.8 Å². The number of carbonyl (C=O) groups excluding carboxylic acids is 2. The molecule has 11 heteroatoms. The fourth-order valence-corrected chi connectivity index (χ4v) is 5.10. The lowest BCUT2D eigenvalue weighted by Gasteiger charge is -2.20. The number of esters is 2. The molecule has 0 aromatic rings. The number of ether oxygens (including phenoxy) is 2. The van der Waals surface area contributed by atoms with Crippen molar-refractivity contribution in [3.63, 3.8) is 0 Å². The molecule has 51 heavy (non-hydrogen) atoms. The summed E-state index contributed by atoms with van der Waals surface area (Å²) in [5.41, 5.74) is 0. The van der Waals surface area contributed by atoms with Crippen LogP contribution in [0.3, 0.4) is 0 Å². The highest BCUT2D eigenvalue weighted by Gasteiger charge is 2.27. The van der Waals surface area contributed by atoms with Crippen molar-refractivity contribution in [3.8, 4) is 0 Å². The molecule has 0 aliphatic rings. The molecule has 0 radical (unpaired) electrons. The average Bonchev–Trinajstić information content (AvgIpc) is 3.12. The number of carbonyl (C=O) groups is 2. The Bertz CT molecular complexity index is 1120. The van der Waals surface area contributed by atoms with Gasteiger partial charge < -0.3 is 24.6 Å². The summed E-state index contributed by atoms with van der Waals surface area (Å²) in [4.78, 5) is 34.3. The Labute approximate surface area is 307 Å². The predicted molar refractivity (Wildman–Crippen MR) is 205 cm³/mol. The molecule has 0 heterocycles. The van der Waals surface area contributed by atoms with Crippen LogP contribution in [0.15, 0.2) is 85.1 Å². The highest BCUT2D eigenvalue weighted by Crippen LogP contribution is 2.43. The van der Waals surface area contributed by atoms with E-state index in [0.29, 0.717) is 12.8 Å². The first-order valence-electron chi connectivity index (χ1n) is 18.5. The van der Waals surface area contributed by atoms with Crippen molar-refractivity contribution in [2.24, 2.45) is 0 Å². The standard InChI is InChI=1S/C40H65O10P/c1-3-5-7-9-11-13-15-17-18-20-22-24-26-28-30-32-40(44)50-38(34-42)36-48-51(45,46)47-35-37(33-41)49-39(43)31-29-27-25-23-21-19-16-14-12-10-8-6-4-2/h5-8,11-14,17-19,21,25,27,37-38,41-42H,3-4,9-10,15-16,20,22-24,26,28-36H2,1-2H3,(H,45,46)/b7-5-,8-6-,13-11-,14-12-,18-17-,21-19-,27-25-. The molecule has 0 bridgehead atoms. The minimum Gasteiger partial charge on any atom is -0.457 e. The van der Waals surface area contributed by atoms with Crippen molar-refractivity contribution in [1.29, 1.82) is 0 Å². The molecule has 3 atom stereocenters. The zero-order chi connectivity index (χ0) is 37.7. The minimum absolute atomic E-state index is 0.0648. The third-order valence-electron chi connectivity index (χ3n) is 7.12. The minimum atomic E-state index is -4.66. The molecule has 0 aliphatic carbocycles. The van der Waals surface area contributed by atoms with Gasteiger partial charge in [0.2, 0.25) is 0 Å². The van der Waals surface area contributed by atoms with Crippen LogP contribution in [0.2, 0.25) is 0 Å². The summed E-state index contributed by atoms with van der Waals surface area (Å²) >= 11 is 0. The predicted octanol–water partition coefficient (Wildman–Crippen LogP) is 9.10. The Morgan fingerprint density at radius 3 is 1.35 bits per heavy atom. The van der Waals surface area contributed by atoms with Crippen LogP contribution in [0.1, 0.15) is 117 Å². The molecule has 0 spiro atoms. The van der Waals surface area contributed by atoms with E-state index in [4.69, 9.17) is 18.5 Å². The SMILES string of the molecule is CC/C=C\C/C=C\C/C=C\C/C=C\CCC(=O)OC(CO)COP(=O)(O)OCC(CO)OC(=O)CCCCCCC/C=C\C/C=C\C/C=C\CC. The van der Waals surface area contributed by atoms with E-state index in [1.807, 2.05) is 18.2 Å². The fraction of sp³-hybridized carbons (Fsp3) is 0.600. The lowest BCUT2D eigenvalue weighted by Crippen LogP contribution is -2.28. The van der Waals surface area contributed by atoms with Crippen LogP contribution < -0.4 is 0 Å². The first-order valence-corrected chi connectivity index (χ1v) is 20.0. The molecular weight excluding hydrogens is 671 g/mol. The van der Waals surface area contributed by atoms with E-state index >= 15 is 0 Å². The van der Waals surface area contributed by atoms with Crippen molar-refractivity contribution in [2.75, 3.05) is 26.4 Å². The molecule has 290 valence electrons. The number of hydrogen-bond donors (Lipinski definition) is 3. The van der Waals surface area contributed by atoms with Gasteiger partial charge in [-0.15, -0.1) is 0 Å². The number of aliphatic hydroxyl groups excluding tert-OH is 2. The zero-order valence-electron chi connectivity index (χ0n) is 31.0. The summed E-state index contributed by atoms with van der Waals surface area (Å²) in [5, 5.41) is 19.1. The molecule has 0 aliphatic heterocycles. The first-order chi connectivity index (χ1) is 24.8. The summed E-state index contributed by atoms with van der Waals surface area (Å²) in [6.07, 6.45) is 40.1. The summed E-state index contributed by atoms with van der Waals surface area (Å²) in [6.45, 7) is 1.83. The molecule has 0 aromatic carbocycles. The topological polar surface area (TPSA) is 149 Å². The van der Waals surface area contributed by atoms with Gasteiger partial charge in [0.25, 0.3) is 0 Å². The molecule has 0 saturated heterocycles. The first kappa shape index (κ1) is 48.1. The van der Waals surface area contributed by atoms with E-state index in [-0.39, 0.29) is 12.8 Å². The quantitative estimate of drug-likeness (QED) is 0.0258. The summed E-state index contributed by atoms with van der Waals surface area (Å²) < 4.78 is 32.3. The molecule has 3 N–H and O–H groups in total. The Kier molecular flexibility index (Phi) is 33.6. The van der Waals surface area contributed by atoms with E-state index < -0.39 is 58.4 Å². The van der Waals surface area contributed by atoms with Gasteiger partial charge in [-0.1, -0.05) is 118 Å². The molecule has 0 saturated carbocycles. The molecule has 0 fully saturated rings. The number of rotatable bonds is 33.